The molecule has 2 atom stereocenters. The van der Waals surface area contributed by atoms with E-state index in [9.17, 15) is 19.0 Å². The zero-order valence-corrected chi connectivity index (χ0v) is 15.0. The number of aryl methyl sites for hydroxylation is 1. The Kier molecular flexibility index (Phi) is 7.78. The van der Waals surface area contributed by atoms with Crippen molar-refractivity contribution in [3.8, 4) is 0 Å². The predicted octanol–water partition coefficient (Wildman–Crippen LogP) is 1.61. The van der Waals surface area contributed by atoms with Crippen LogP contribution in [-0.4, -0.2) is 42.1 Å². The lowest BCUT2D eigenvalue weighted by Crippen LogP contribution is -2.35. The molecule has 1 saturated heterocycles. The van der Waals surface area contributed by atoms with Crippen molar-refractivity contribution in [1.82, 2.24) is 10.4 Å². The molecule has 3 N–H and O–H groups in total. The van der Waals surface area contributed by atoms with E-state index in [0.717, 1.165) is 25.8 Å². The van der Waals surface area contributed by atoms with Gasteiger partial charge in [-0.05, 0) is 44.2 Å². The molecule has 1 fully saturated rings. The summed E-state index contributed by atoms with van der Waals surface area (Å²) in [5.74, 6) is -1.46. The second-order valence-electron chi connectivity index (χ2n) is 6.14. The van der Waals surface area contributed by atoms with Gasteiger partial charge in [-0.15, -0.1) is 0 Å². The summed E-state index contributed by atoms with van der Waals surface area (Å²) in [6.07, 6.45) is 3.76. The molecule has 2 rings (SSSR count). The van der Waals surface area contributed by atoms with Gasteiger partial charge in [-0.25, -0.2) is 9.88 Å². The minimum Gasteiger partial charge on any atom is -0.391 e. The minimum absolute atomic E-state index is 0.0746. The van der Waals surface area contributed by atoms with Crippen molar-refractivity contribution in [3.63, 3.8) is 0 Å². The zero-order valence-electron chi connectivity index (χ0n) is 14.1. The van der Waals surface area contributed by atoms with E-state index in [4.69, 9.17) is 0 Å². The van der Waals surface area contributed by atoms with Crippen molar-refractivity contribution in [2.75, 3.05) is 19.3 Å². The number of hydrogen-bond donors (Lipinski definition) is 3. The maximum Gasteiger partial charge on any atom is 0.330 e. The molecule has 8 heteroatoms. The Labute approximate surface area is 147 Å². The topological polar surface area (TPSA) is 105 Å². The summed E-state index contributed by atoms with van der Waals surface area (Å²) < 4.78 is 16.7. The second-order valence-corrected chi connectivity index (χ2v) is 8.31. The van der Waals surface area contributed by atoms with Gasteiger partial charge in [-0.3, -0.25) is 9.36 Å². The van der Waals surface area contributed by atoms with Gasteiger partial charge in [-0.1, -0.05) is 30.3 Å². The molecule has 1 aliphatic rings. The molecular formula is C17H25N2O5P. The summed E-state index contributed by atoms with van der Waals surface area (Å²) in [5, 5.41) is 5.25. The number of hydrogen-bond acceptors (Lipinski definition) is 5. The molecule has 0 aliphatic carbocycles. The van der Waals surface area contributed by atoms with Crippen molar-refractivity contribution in [1.29, 1.82) is 0 Å². The summed E-state index contributed by atoms with van der Waals surface area (Å²) in [7, 11) is -3.61. The van der Waals surface area contributed by atoms with E-state index < -0.39 is 32.0 Å². The van der Waals surface area contributed by atoms with E-state index in [1.807, 2.05) is 30.3 Å². The maximum atomic E-state index is 12.0. The molecule has 0 amide bonds. The smallest absolute Gasteiger partial charge is 0.330 e. The normalized spacial score (nSPS) is 19.3. The van der Waals surface area contributed by atoms with E-state index in [-0.39, 0.29) is 6.16 Å². The first-order valence-corrected chi connectivity index (χ1v) is 10.4. The molecule has 0 saturated carbocycles. The van der Waals surface area contributed by atoms with Gasteiger partial charge in [0.05, 0.1) is 0 Å². The largest absolute Gasteiger partial charge is 0.391 e. The van der Waals surface area contributed by atoms with Gasteiger partial charge in [0.2, 0.25) is 0 Å². The number of nitrogens with one attached hydrogen (secondary N) is 2. The lowest BCUT2D eigenvalue weighted by atomic mass is 10.1. The van der Waals surface area contributed by atoms with Gasteiger partial charge in [0, 0.05) is 6.16 Å². The van der Waals surface area contributed by atoms with Crippen LogP contribution in [-0.2, 0) is 25.3 Å². The van der Waals surface area contributed by atoms with Crippen LogP contribution in [0.25, 0.3) is 0 Å². The Hall–Kier alpha value is -1.53. The molecule has 1 aromatic rings. The van der Waals surface area contributed by atoms with Crippen LogP contribution >= 0.6 is 7.52 Å². The Morgan fingerprint density at radius 1 is 1.28 bits per heavy atom. The Morgan fingerprint density at radius 3 is 2.72 bits per heavy atom. The summed E-state index contributed by atoms with van der Waals surface area (Å²) >= 11 is 0. The van der Waals surface area contributed by atoms with E-state index in [2.05, 4.69) is 15.1 Å². The first-order valence-electron chi connectivity index (χ1n) is 8.55. The van der Waals surface area contributed by atoms with Gasteiger partial charge >= 0.3 is 11.9 Å². The monoisotopic (exact) mass is 368 g/mol. The third kappa shape index (κ3) is 7.48. The lowest BCUT2D eigenvalue weighted by molar-refractivity contribution is -0.160. The van der Waals surface area contributed by atoms with Crippen molar-refractivity contribution in [3.05, 3.63) is 35.9 Å². The van der Waals surface area contributed by atoms with Gasteiger partial charge in [-0.2, -0.15) is 0 Å². The molecule has 0 aromatic heterocycles. The molecule has 1 unspecified atom stereocenters. The van der Waals surface area contributed by atoms with Crippen LogP contribution in [0.1, 0.15) is 31.2 Å². The van der Waals surface area contributed by atoms with E-state index >= 15 is 0 Å². The number of carbonyl (C=O) groups excluding carboxylic acids is 2. The summed E-state index contributed by atoms with van der Waals surface area (Å²) in [5.41, 5.74) is 1.19. The highest BCUT2D eigenvalue weighted by Crippen LogP contribution is 2.36. The van der Waals surface area contributed by atoms with Crippen LogP contribution in [0.4, 0.5) is 0 Å². The summed E-state index contributed by atoms with van der Waals surface area (Å²) in [4.78, 5) is 33.1. The van der Waals surface area contributed by atoms with Crippen molar-refractivity contribution in [2.45, 2.75) is 38.1 Å². The number of unbranched alkanes of at least 4 members (excludes halogenated alkanes) is 1. The standard InChI is InChI=1S/C17H25N2O5P/c20-16(24-17(21)15-10-6-11-18-15)13-19-25(22,23)12-5-4-9-14-7-2-1-3-8-14/h1-3,7-8,15,18H,4-6,9-13H2,(H2,19,22,23)/t15-/m0/s1. The number of ether oxygens (including phenoxy) is 1. The van der Waals surface area contributed by atoms with Crippen molar-refractivity contribution >= 4 is 19.5 Å². The number of benzene rings is 1. The quantitative estimate of drug-likeness (QED) is 0.263. The molecule has 0 radical (unpaired) electrons. The SMILES string of the molecule is O=C(CNP(=O)(O)CCCCc1ccccc1)OC(=O)[C@@H]1CCCN1. The fourth-order valence-electron chi connectivity index (χ4n) is 2.67. The fourth-order valence-corrected chi connectivity index (χ4v) is 3.86. The van der Waals surface area contributed by atoms with E-state index in [1.165, 1.54) is 5.56 Å². The van der Waals surface area contributed by atoms with Crippen LogP contribution < -0.4 is 10.4 Å². The van der Waals surface area contributed by atoms with Gasteiger partial charge in [0.25, 0.3) is 7.52 Å². The van der Waals surface area contributed by atoms with Gasteiger partial charge < -0.3 is 14.9 Å². The average molecular weight is 368 g/mol. The van der Waals surface area contributed by atoms with Crippen LogP contribution in [0, 0.1) is 0 Å². The molecule has 25 heavy (non-hydrogen) atoms. The van der Waals surface area contributed by atoms with Crippen molar-refractivity contribution < 1.29 is 23.8 Å². The van der Waals surface area contributed by atoms with E-state index in [1.54, 1.807) is 0 Å². The highest BCUT2D eigenvalue weighted by Gasteiger charge is 2.26. The Balaban J connectivity index is 1.62. The minimum atomic E-state index is -3.61. The first kappa shape index (κ1) is 19.8. The maximum absolute atomic E-state index is 12.0. The van der Waals surface area contributed by atoms with Crippen LogP contribution in [0.15, 0.2) is 30.3 Å². The molecule has 138 valence electrons. The Bertz CT molecular complexity index is 617. The fraction of sp³-hybridized carbons (Fsp3) is 0.529. The Morgan fingerprint density at radius 2 is 2.04 bits per heavy atom. The van der Waals surface area contributed by atoms with Crippen molar-refractivity contribution in [2.24, 2.45) is 0 Å². The van der Waals surface area contributed by atoms with Crippen LogP contribution in [0.5, 0.6) is 0 Å². The summed E-state index contributed by atoms with van der Waals surface area (Å²) in [6, 6.07) is 9.44. The number of carbonyl (C=O) groups is 2. The predicted molar refractivity (Wildman–Crippen MR) is 94.2 cm³/mol. The van der Waals surface area contributed by atoms with Crippen LogP contribution in [0.3, 0.4) is 0 Å². The average Bonchev–Trinajstić information content (AvgIpc) is 3.13. The first-order chi connectivity index (χ1) is 12.0. The van der Waals surface area contributed by atoms with Gasteiger partial charge in [0.15, 0.2) is 0 Å². The molecule has 0 spiro atoms. The van der Waals surface area contributed by atoms with Gasteiger partial charge in [0.1, 0.15) is 12.6 Å². The second kappa shape index (κ2) is 9.82. The third-order valence-electron chi connectivity index (χ3n) is 4.05. The molecule has 1 aromatic carbocycles. The number of esters is 2. The molecule has 1 heterocycles. The molecular weight excluding hydrogens is 343 g/mol. The number of rotatable bonds is 9. The van der Waals surface area contributed by atoms with Crippen LogP contribution in [0.2, 0.25) is 0 Å². The lowest BCUT2D eigenvalue weighted by Gasteiger charge is -2.13. The highest BCUT2D eigenvalue weighted by atomic mass is 31.2. The summed E-state index contributed by atoms with van der Waals surface area (Å²) in [6.45, 7) is 0.270. The highest BCUT2D eigenvalue weighted by molar-refractivity contribution is 7.55. The molecule has 1 aliphatic heterocycles. The molecule has 7 nitrogen and oxygen atoms in total. The third-order valence-corrected chi connectivity index (χ3v) is 5.62. The molecule has 0 bridgehead atoms. The van der Waals surface area contributed by atoms with E-state index in [0.29, 0.717) is 12.8 Å². The zero-order chi connectivity index (χ0) is 18.1.